The summed E-state index contributed by atoms with van der Waals surface area (Å²) in [5.74, 6) is 1.82. The van der Waals surface area contributed by atoms with Crippen LogP contribution in [0.1, 0.15) is 61.8 Å². The smallest absolute Gasteiger partial charge is 0.410 e. The van der Waals surface area contributed by atoms with Gasteiger partial charge in [-0.25, -0.2) is 19.2 Å². The molecule has 0 N–H and O–H groups in total. The lowest BCUT2D eigenvalue weighted by Gasteiger charge is -2.31. The largest absolute Gasteiger partial charge is 0.446 e. The lowest BCUT2D eigenvalue weighted by Crippen LogP contribution is -2.35. The van der Waals surface area contributed by atoms with Crippen LogP contribution in [-0.4, -0.2) is 54.9 Å². The van der Waals surface area contributed by atoms with Gasteiger partial charge >= 0.3 is 6.09 Å². The summed E-state index contributed by atoms with van der Waals surface area (Å²) in [5, 5.41) is 9.78. The Morgan fingerprint density at radius 2 is 1.80 bits per heavy atom. The number of hydrogen-bond acceptors (Lipinski definition) is 7. The van der Waals surface area contributed by atoms with Crippen molar-refractivity contribution in [1.29, 1.82) is 0 Å². The number of halogens is 2. The molecular weight excluding hydrogens is 473 g/mol. The van der Waals surface area contributed by atoms with Crippen LogP contribution >= 0.6 is 11.6 Å². The molecule has 3 aliphatic rings. The molecular formula is C24H25ClFN7O2. The summed E-state index contributed by atoms with van der Waals surface area (Å²) in [5.41, 5.74) is 1.86. The van der Waals surface area contributed by atoms with Gasteiger partial charge in [0.2, 0.25) is 5.95 Å². The van der Waals surface area contributed by atoms with Crippen LogP contribution in [0.15, 0.2) is 30.6 Å². The highest BCUT2D eigenvalue weighted by atomic mass is 35.5. The maximum absolute atomic E-state index is 13.2. The number of aromatic nitrogens is 5. The predicted molar refractivity (Wildman–Crippen MR) is 126 cm³/mol. The van der Waals surface area contributed by atoms with Crippen molar-refractivity contribution in [3.05, 3.63) is 58.6 Å². The molecule has 2 fully saturated rings. The number of carbonyl (C=O) groups is 1. The van der Waals surface area contributed by atoms with Gasteiger partial charge in [-0.3, -0.25) is 9.47 Å². The average Bonchev–Trinajstić information content (AvgIpc) is 3.59. The Morgan fingerprint density at radius 1 is 1.09 bits per heavy atom. The molecule has 0 bridgehead atoms. The van der Waals surface area contributed by atoms with E-state index in [-0.39, 0.29) is 24.2 Å². The lowest BCUT2D eigenvalue weighted by molar-refractivity contribution is 0.0788. The number of amides is 1. The average molecular weight is 498 g/mol. The zero-order valence-corrected chi connectivity index (χ0v) is 20.0. The van der Waals surface area contributed by atoms with Crippen molar-refractivity contribution in [2.45, 2.75) is 57.2 Å². The Morgan fingerprint density at radius 3 is 2.51 bits per heavy atom. The van der Waals surface area contributed by atoms with Crippen LogP contribution in [0.3, 0.4) is 0 Å². The van der Waals surface area contributed by atoms with E-state index in [1.54, 1.807) is 4.90 Å². The van der Waals surface area contributed by atoms with Gasteiger partial charge in [0.05, 0.1) is 30.7 Å². The number of anilines is 1. The third-order valence-electron chi connectivity index (χ3n) is 6.95. The van der Waals surface area contributed by atoms with E-state index < -0.39 is 5.82 Å². The number of piperidine rings is 1. The van der Waals surface area contributed by atoms with Crippen LogP contribution < -0.4 is 4.90 Å². The fraction of sp³-hybridized carbons (Fsp3) is 0.458. The minimum atomic E-state index is -0.447. The predicted octanol–water partition coefficient (Wildman–Crippen LogP) is 4.41. The van der Waals surface area contributed by atoms with E-state index in [0.717, 1.165) is 55.8 Å². The van der Waals surface area contributed by atoms with Crippen molar-refractivity contribution in [2.24, 2.45) is 0 Å². The second-order valence-electron chi connectivity index (χ2n) is 9.37. The summed E-state index contributed by atoms with van der Waals surface area (Å²) in [7, 11) is 0. The van der Waals surface area contributed by atoms with Gasteiger partial charge < -0.3 is 9.64 Å². The van der Waals surface area contributed by atoms with E-state index in [1.165, 1.54) is 12.4 Å². The highest BCUT2D eigenvalue weighted by molar-refractivity contribution is 6.30. The Hall–Kier alpha value is -3.27. The highest BCUT2D eigenvalue weighted by Crippen LogP contribution is 2.38. The van der Waals surface area contributed by atoms with Crippen LogP contribution in [-0.2, 0) is 11.3 Å². The van der Waals surface area contributed by atoms with Crippen molar-refractivity contribution in [2.75, 3.05) is 18.0 Å². The molecule has 1 amide bonds. The summed E-state index contributed by atoms with van der Waals surface area (Å²) < 4.78 is 20.9. The van der Waals surface area contributed by atoms with Crippen LogP contribution in [0.4, 0.5) is 15.1 Å². The van der Waals surface area contributed by atoms with Gasteiger partial charge in [-0.2, -0.15) is 0 Å². The van der Waals surface area contributed by atoms with Gasteiger partial charge in [0, 0.05) is 24.0 Å². The molecule has 1 unspecified atom stereocenters. The van der Waals surface area contributed by atoms with E-state index in [4.69, 9.17) is 16.3 Å². The molecule has 6 rings (SSSR count). The number of nitrogens with zero attached hydrogens (tertiary/aromatic N) is 7. The lowest BCUT2D eigenvalue weighted by atomic mass is 9.95. The molecule has 35 heavy (non-hydrogen) atoms. The number of ether oxygens (including phenoxy) is 1. The van der Waals surface area contributed by atoms with Crippen LogP contribution in [0.2, 0.25) is 5.02 Å². The molecule has 0 spiro atoms. The maximum Gasteiger partial charge on any atom is 0.410 e. The fourth-order valence-electron chi connectivity index (χ4n) is 4.87. The van der Waals surface area contributed by atoms with E-state index in [9.17, 15) is 9.18 Å². The van der Waals surface area contributed by atoms with E-state index in [2.05, 4.69) is 29.6 Å². The highest BCUT2D eigenvalue weighted by Gasteiger charge is 2.37. The third kappa shape index (κ3) is 4.20. The third-order valence-corrected chi connectivity index (χ3v) is 7.19. The maximum atomic E-state index is 13.2. The minimum absolute atomic E-state index is 0.0143. The Bertz CT molecular complexity index is 1260. The van der Waals surface area contributed by atoms with Gasteiger partial charge in [0.25, 0.3) is 0 Å². The summed E-state index contributed by atoms with van der Waals surface area (Å²) in [6.07, 6.45) is 5.54. The van der Waals surface area contributed by atoms with Crippen molar-refractivity contribution >= 4 is 23.6 Å². The molecule has 1 saturated heterocycles. The Balaban J connectivity index is 1.31. The summed E-state index contributed by atoms with van der Waals surface area (Å²) in [6.45, 7) is 3.79. The number of fused-ring (bicyclic) bond motifs is 3. The van der Waals surface area contributed by atoms with Crippen LogP contribution in [0.25, 0.3) is 5.69 Å². The minimum Gasteiger partial charge on any atom is -0.446 e. The summed E-state index contributed by atoms with van der Waals surface area (Å²) >= 11 is 6.35. The zero-order valence-electron chi connectivity index (χ0n) is 19.3. The SMILES string of the molecule is CC1c2nnc(C3CCN(c4ncc(F)cn4)CC3)n2-c2ccc(Cl)cc2CN1C(=O)OC1CC1. The first kappa shape index (κ1) is 22.2. The monoisotopic (exact) mass is 497 g/mol. The number of carbonyl (C=O) groups excluding carboxylic acids is 1. The molecule has 182 valence electrons. The first-order valence-corrected chi connectivity index (χ1v) is 12.3. The molecule has 1 atom stereocenters. The molecule has 1 aromatic carbocycles. The second-order valence-corrected chi connectivity index (χ2v) is 9.81. The quantitative estimate of drug-likeness (QED) is 0.529. The van der Waals surface area contributed by atoms with E-state index in [1.807, 2.05) is 25.1 Å². The molecule has 2 aliphatic heterocycles. The summed E-state index contributed by atoms with van der Waals surface area (Å²) in [4.78, 5) is 25.0. The van der Waals surface area contributed by atoms with Gasteiger partial charge in [0.1, 0.15) is 11.9 Å². The van der Waals surface area contributed by atoms with Gasteiger partial charge in [-0.1, -0.05) is 11.6 Å². The van der Waals surface area contributed by atoms with E-state index >= 15 is 0 Å². The van der Waals surface area contributed by atoms with Crippen LogP contribution in [0.5, 0.6) is 0 Å². The number of rotatable bonds is 3. The van der Waals surface area contributed by atoms with Gasteiger partial charge in [-0.05, 0) is 56.4 Å². The molecule has 9 nitrogen and oxygen atoms in total. The van der Waals surface area contributed by atoms with Gasteiger partial charge in [0.15, 0.2) is 11.6 Å². The summed E-state index contributed by atoms with van der Waals surface area (Å²) in [6, 6.07) is 5.40. The molecule has 11 heteroatoms. The standard InChI is InChI=1S/C24H25ClFN7O2/c1-14-21-29-30-22(15-6-8-31(9-7-15)23-27-11-18(26)12-28-23)33(21)20-5-2-17(25)10-16(20)13-32(14)24(34)35-19-3-4-19/h2,5,10-12,14-15,19H,3-4,6-9,13H2,1H3. The van der Waals surface area contributed by atoms with Crippen molar-refractivity contribution < 1.29 is 13.9 Å². The van der Waals surface area contributed by atoms with Crippen molar-refractivity contribution in [1.82, 2.24) is 29.6 Å². The van der Waals surface area contributed by atoms with Crippen molar-refractivity contribution in [3.8, 4) is 5.69 Å². The molecule has 2 aromatic heterocycles. The number of hydrogen-bond donors (Lipinski definition) is 0. The normalized spacial score (nSPS) is 20.3. The molecule has 1 aliphatic carbocycles. The van der Waals surface area contributed by atoms with Crippen LogP contribution in [0, 0.1) is 5.82 Å². The number of benzene rings is 1. The molecule has 3 aromatic rings. The molecule has 0 radical (unpaired) electrons. The first-order chi connectivity index (χ1) is 17.0. The second kappa shape index (κ2) is 8.75. The van der Waals surface area contributed by atoms with Crippen molar-refractivity contribution in [3.63, 3.8) is 0 Å². The molecule has 4 heterocycles. The zero-order chi connectivity index (χ0) is 24.1. The van der Waals surface area contributed by atoms with E-state index in [0.29, 0.717) is 23.3 Å². The topological polar surface area (TPSA) is 89.3 Å². The Labute approximate surface area is 206 Å². The Kier molecular flexibility index (Phi) is 5.55. The fourth-order valence-corrected chi connectivity index (χ4v) is 5.07. The molecule has 1 saturated carbocycles. The van der Waals surface area contributed by atoms with Gasteiger partial charge in [-0.15, -0.1) is 10.2 Å². The first-order valence-electron chi connectivity index (χ1n) is 11.9.